The van der Waals surface area contributed by atoms with Crippen LogP contribution in [-0.4, -0.2) is 24.8 Å². The lowest BCUT2D eigenvalue weighted by Crippen LogP contribution is -2.48. The average molecular weight is 213 g/mol. The second-order valence-corrected chi connectivity index (χ2v) is 5.75. The van der Waals surface area contributed by atoms with E-state index in [9.17, 15) is 0 Å². The molecule has 0 aromatic carbocycles. The molecule has 0 unspecified atom stereocenters. The first-order valence-corrected chi connectivity index (χ1v) is 6.32. The first-order chi connectivity index (χ1) is 6.94. The van der Waals surface area contributed by atoms with Gasteiger partial charge in [0.25, 0.3) is 0 Å². The van der Waals surface area contributed by atoms with Crippen LogP contribution < -0.4 is 5.32 Å². The molecule has 0 radical (unpaired) electrons. The summed E-state index contributed by atoms with van der Waals surface area (Å²) < 4.78 is 5.66. The fourth-order valence-corrected chi connectivity index (χ4v) is 2.20. The number of ether oxygens (including phenoxy) is 1. The van der Waals surface area contributed by atoms with Crippen LogP contribution >= 0.6 is 0 Å². The molecular formula is C13H27NO. The maximum atomic E-state index is 5.66. The zero-order valence-electron chi connectivity index (χ0n) is 11.0. The van der Waals surface area contributed by atoms with Crippen LogP contribution in [0.25, 0.3) is 0 Å². The van der Waals surface area contributed by atoms with Gasteiger partial charge in [-0.3, -0.25) is 0 Å². The normalized spacial score (nSPS) is 26.8. The molecule has 90 valence electrons. The largest absolute Gasteiger partial charge is 0.375 e. The number of hydrogen-bond donors (Lipinski definition) is 1. The topological polar surface area (TPSA) is 21.3 Å². The molecule has 0 atom stereocenters. The Morgan fingerprint density at radius 3 is 2.40 bits per heavy atom. The standard InChI is InChI=1S/C13H27NO/c1-6-15-13(4,5)9-14-12-7-11(8-12)10(2)3/h10-12,14H,6-9H2,1-5H3. The Balaban J connectivity index is 2.12. The lowest BCUT2D eigenvalue weighted by Gasteiger charge is -2.40. The summed E-state index contributed by atoms with van der Waals surface area (Å²) in [6, 6.07) is 0.733. The lowest BCUT2D eigenvalue weighted by atomic mass is 9.73. The van der Waals surface area contributed by atoms with Gasteiger partial charge in [-0.1, -0.05) is 13.8 Å². The van der Waals surface area contributed by atoms with E-state index in [1.165, 1.54) is 12.8 Å². The first-order valence-electron chi connectivity index (χ1n) is 6.32. The molecule has 0 amide bonds. The molecule has 0 aliphatic heterocycles. The summed E-state index contributed by atoms with van der Waals surface area (Å²) in [7, 11) is 0. The quantitative estimate of drug-likeness (QED) is 0.732. The molecule has 0 spiro atoms. The summed E-state index contributed by atoms with van der Waals surface area (Å²) in [6.45, 7) is 12.8. The molecule has 1 saturated carbocycles. The van der Waals surface area contributed by atoms with Crippen LogP contribution in [0.4, 0.5) is 0 Å². The van der Waals surface area contributed by atoms with Crippen LogP contribution in [-0.2, 0) is 4.74 Å². The van der Waals surface area contributed by atoms with Crippen LogP contribution in [0, 0.1) is 11.8 Å². The van der Waals surface area contributed by atoms with E-state index in [1.807, 2.05) is 0 Å². The van der Waals surface area contributed by atoms with Crippen molar-refractivity contribution < 1.29 is 4.74 Å². The Morgan fingerprint density at radius 1 is 1.33 bits per heavy atom. The minimum Gasteiger partial charge on any atom is -0.375 e. The highest BCUT2D eigenvalue weighted by Crippen LogP contribution is 2.33. The maximum absolute atomic E-state index is 5.66. The predicted molar refractivity (Wildman–Crippen MR) is 65.1 cm³/mol. The van der Waals surface area contributed by atoms with Crippen LogP contribution in [0.3, 0.4) is 0 Å². The van der Waals surface area contributed by atoms with E-state index in [0.717, 1.165) is 31.0 Å². The molecule has 1 rings (SSSR count). The molecule has 2 heteroatoms. The van der Waals surface area contributed by atoms with Crippen LogP contribution in [0.1, 0.15) is 47.5 Å². The molecule has 2 nitrogen and oxygen atoms in total. The highest BCUT2D eigenvalue weighted by molar-refractivity contribution is 4.88. The van der Waals surface area contributed by atoms with Gasteiger partial charge >= 0.3 is 0 Å². The summed E-state index contributed by atoms with van der Waals surface area (Å²) >= 11 is 0. The summed E-state index contributed by atoms with van der Waals surface area (Å²) in [5.74, 6) is 1.79. The third kappa shape index (κ3) is 4.12. The Morgan fingerprint density at radius 2 is 1.93 bits per heavy atom. The zero-order chi connectivity index (χ0) is 11.5. The molecule has 0 saturated heterocycles. The van der Waals surface area contributed by atoms with Gasteiger partial charge in [-0.25, -0.2) is 0 Å². The third-order valence-electron chi connectivity index (χ3n) is 3.47. The summed E-state index contributed by atoms with van der Waals surface area (Å²) in [4.78, 5) is 0. The molecule has 0 bridgehead atoms. The fraction of sp³-hybridized carbons (Fsp3) is 1.00. The van der Waals surface area contributed by atoms with Gasteiger partial charge in [-0.15, -0.1) is 0 Å². The molecule has 1 N–H and O–H groups in total. The van der Waals surface area contributed by atoms with Gasteiger partial charge in [0.05, 0.1) is 5.60 Å². The minimum absolute atomic E-state index is 0.0162. The van der Waals surface area contributed by atoms with E-state index in [-0.39, 0.29) is 5.60 Å². The number of rotatable bonds is 6. The van der Waals surface area contributed by atoms with E-state index in [1.54, 1.807) is 0 Å². The van der Waals surface area contributed by atoms with Gasteiger partial charge in [0.2, 0.25) is 0 Å². The van der Waals surface area contributed by atoms with E-state index in [4.69, 9.17) is 4.74 Å². The molecule has 0 aromatic heterocycles. The van der Waals surface area contributed by atoms with Crippen molar-refractivity contribution in [3.8, 4) is 0 Å². The van der Waals surface area contributed by atoms with Crippen molar-refractivity contribution in [3.05, 3.63) is 0 Å². The summed E-state index contributed by atoms with van der Waals surface area (Å²) in [5, 5.41) is 3.60. The summed E-state index contributed by atoms with van der Waals surface area (Å²) in [5.41, 5.74) is -0.0162. The van der Waals surface area contributed by atoms with Crippen molar-refractivity contribution in [2.75, 3.05) is 13.2 Å². The van der Waals surface area contributed by atoms with Crippen molar-refractivity contribution in [1.82, 2.24) is 5.32 Å². The lowest BCUT2D eigenvalue weighted by molar-refractivity contribution is -0.0148. The van der Waals surface area contributed by atoms with Crippen LogP contribution in [0.5, 0.6) is 0 Å². The van der Waals surface area contributed by atoms with Crippen molar-refractivity contribution in [3.63, 3.8) is 0 Å². The van der Waals surface area contributed by atoms with E-state index in [0.29, 0.717) is 0 Å². The average Bonchev–Trinajstić information content (AvgIpc) is 1.99. The molecular weight excluding hydrogens is 186 g/mol. The van der Waals surface area contributed by atoms with E-state index in [2.05, 4.69) is 39.9 Å². The van der Waals surface area contributed by atoms with Crippen molar-refractivity contribution in [2.24, 2.45) is 11.8 Å². The number of nitrogens with one attached hydrogen (secondary N) is 1. The van der Waals surface area contributed by atoms with Gasteiger partial charge in [0.1, 0.15) is 0 Å². The van der Waals surface area contributed by atoms with E-state index >= 15 is 0 Å². The van der Waals surface area contributed by atoms with Gasteiger partial charge < -0.3 is 10.1 Å². The van der Waals surface area contributed by atoms with Crippen LogP contribution in [0.15, 0.2) is 0 Å². The molecule has 1 aliphatic carbocycles. The van der Waals surface area contributed by atoms with Crippen LogP contribution in [0.2, 0.25) is 0 Å². The molecule has 15 heavy (non-hydrogen) atoms. The number of hydrogen-bond acceptors (Lipinski definition) is 2. The second-order valence-electron chi connectivity index (χ2n) is 5.75. The zero-order valence-corrected chi connectivity index (χ0v) is 11.0. The Kier molecular flexibility index (Phi) is 4.60. The molecule has 0 heterocycles. The second kappa shape index (κ2) is 5.31. The SMILES string of the molecule is CCOC(C)(C)CNC1CC(C(C)C)C1. The highest BCUT2D eigenvalue weighted by atomic mass is 16.5. The van der Waals surface area contributed by atoms with Gasteiger partial charge in [-0.05, 0) is 45.4 Å². The first kappa shape index (κ1) is 13.0. The third-order valence-corrected chi connectivity index (χ3v) is 3.47. The summed E-state index contributed by atoms with van der Waals surface area (Å²) in [6.07, 6.45) is 2.69. The predicted octanol–water partition coefficient (Wildman–Crippen LogP) is 2.83. The fourth-order valence-electron chi connectivity index (χ4n) is 2.20. The van der Waals surface area contributed by atoms with Crippen molar-refractivity contribution in [1.29, 1.82) is 0 Å². The Labute approximate surface area is 94.8 Å². The Bertz CT molecular complexity index is 183. The monoisotopic (exact) mass is 213 g/mol. The molecule has 1 aliphatic rings. The van der Waals surface area contributed by atoms with E-state index < -0.39 is 0 Å². The smallest absolute Gasteiger partial charge is 0.0750 e. The minimum atomic E-state index is -0.0162. The highest BCUT2D eigenvalue weighted by Gasteiger charge is 2.31. The van der Waals surface area contributed by atoms with Gasteiger partial charge in [0.15, 0.2) is 0 Å². The van der Waals surface area contributed by atoms with Gasteiger partial charge in [0, 0.05) is 19.2 Å². The van der Waals surface area contributed by atoms with Gasteiger partial charge in [-0.2, -0.15) is 0 Å². The molecule has 1 fully saturated rings. The van der Waals surface area contributed by atoms with Crippen molar-refractivity contribution in [2.45, 2.75) is 59.1 Å². The van der Waals surface area contributed by atoms with Crippen molar-refractivity contribution >= 4 is 0 Å². The maximum Gasteiger partial charge on any atom is 0.0750 e. The Hall–Kier alpha value is -0.0800. The molecule has 0 aromatic rings.